The maximum atomic E-state index is 8.52. The Hall–Kier alpha value is -1.30. The van der Waals surface area contributed by atoms with Crippen molar-refractivity contribution in [3.8, 4) is 11.5 Å². The van der Waals surface area contributed by atoms with Crippen LogP contribution in [0.3, 0.4) is 0 Å². The largest absolute Gasteiger partial charge is 0.454 e. The number of hydrogen-bond donors (Lipinski definition) is 2. The average molecular weight is 239 g/mol. The zero-order valence-corrected chi connectivity index (χ0v) is 9.65. The first-order valence-electron chi connectivity index (χ1n) is 5.68. The Morgan fingerprint density at radius 3 is 3.00 bits per heavy atom. The fourth-order valence-corrected chi connectivity index (χ4v) is 1.59. The van der Waals surface area contributed by atoms with E-state index in [1.807, 2.05) is 18.2 Å². The number of rotatable bonds is 7. The van der Waals surface area contributed by atoms with Gasteiger partial charge in [-0.1, -0.05) is 6.07 Å². The number of hydrogen-bond acceptors (Lipinski definition) is 5. The molecule has 0 bridgehead atoms. The quantitative estimate of drug-likeness (QED) is 0.679. The minimum Gasteiger partial charge on any atom is -0.454 e. The van der Waals surface area contributed by atoms with Crippen LogP contribution in [0.25, 0.3) is 0 Å². The van der Waals surface area contributed by atoms with Crippen LogP contribution in [0.1, 0.15) is 5.56 Å². The molecule has 1 aromatic carbocycles. The molecule has 94 valence electrons. The lowest BCUT2D eigenvalue weighted by atomic mass is 10.2. The van der Waals surface area contributed by atoms with Crippen LogP contribution in [0.15, 0.2) is 18.2 Å². The molecule has 0 amide bonds. The highest BCUT2D eigenvalue weighted by atomic mass is 16.7. The predicted molar refractivity (Wildman–Crippen MR) is 62.2 cm³/mol. The molecule has 1 aliphatic rings. The molecule has 0 saturated carbocycles. The number of benzene rings is 1. The summed E-state index contributed by atoms with van der Waals surface area (Å²) >= 11 is 0. The molecule has 0 aromatic heterocycles. The highest BCUT2D eigenvalue weighted by Crippen LogP contribution is 2.32. The van der Waals surface area contributed by atoms with Gasteiger partial charge < -0.3 is 24.6 Å². The van der Waals surface area contributed by atoms with Gasteiger partial charge in [0.25, 0.3) is 0 Å². The van der Waals surface area contributed by atoms with Crippen molar-refractivity contribution in [2.75, 3.05) is 33.2 Å². The third kappa shape index (κ3) is 3.59. The van der Waals surface area contributed by atoms with Crippen LogP contribution in [0.4, 0.5) is 0 Å². The molecule has 5 heteroatoms. The van der Waals surface area contributed by atoms with Crippen LogP contribution in [-0.4, -0.2) is 38.3 Å². The SMILES string of the molecule is OCCOCCNCc1ccc2c(c1)OCO2. The van der Waals surface area contributed by atoms with Crippen LogP contribution < -0.4 is 14.8 Å². The van der Waals surface area contributed by atoms with Gasteiger partial charge >= 0.3 is 0 Å². The van der Waals surface area contributed by atoms with Crippen LogP contribution in [0.2, 0.25) is 0 Å². The summed E-state index contributed by atoms with van der Waals surface area (Å²) in [7, 11) is 0. The van der Waals surface area contributed by atoms with E-state index < -0.39 is 0 Å². The van der Waals surface area contributed by atoms with Gasteiger partial charge in [-0.2, -0.15) is 0 Å². The van der Waals surface area contributed by atoms with Gasteiger partial charge in [-0.25, -0.2) is 0 Å². The number of nitrogens with one attached hydrogen (secondary N) is 1. The summed E-state index contributed by atoms with van der Waals surface area (Å²) in [4.78, 5) is 0. The van der Waals surface area contributed by atoms with Gasteiger partial charge in [0.2, 0.25) is 6.79 Å². The smallest absolute Gasteiger partial charge is 0.231 e. The maximum absolute atomic E-state index is 8.52. The van der Waals surface area contributed by atoms with Gasteiger partial charge in [0.1, 0.15) is 0 Å². The van der Waals surface area contributed by atoms with E-state index in [-0.39, 0.29) is 6.61 Å². The zero-order valence-electron chi connectivity index (χ0n) is 9.65. The molecule has 0 atom stereocenters. The van der Waals surface area contributed by atoms with Crippen molar-refractivity contribution in [1.29, 1.82) is 0 Å². The van der Waals surface area contributed by atoms with Crippen molar-refractivity contribution in [2.45, 2.75) is 6.54 Å². The van der Waals surface area contributed by atoms with E-state index in [2.05, 4.69) is 5.32 Å². The second-order valence-corrected chi connectivity index (χ2v) is 3.70. The maximum Gasteiger partial charge on any atom is 0.231 e. The molecule has 5 nitrogen and oxygen atoms in total. The molecule has 2 N–H and O–H groups in total. The van der Waals surface area contributed by atoms with Crippen molar-refractivity contribution >= 4 is 0 Å². The minimum absolute atomic E-state index is 0.0716. The molecule has 0 saturated heterocycles. The van der Waals surface area contributed by atoms with E-state index in [1.165, 1.54) is 0 Å². The molecule has 0 aliphatic carbocycles. The van der Waals surface area contributed by atoms with Gasteiger partial charge in [-0.15, -0.1) is 0 Å². The Labute approximate surface area is 100 Å². The summed E-state index contributed by atoms with van der Waals surface area (Å²) in [5.41, 5.74) is 1.15. The minimum atomic E-state index is 0.0716. The van der Waals surface area contributed by atoms with E-state index in [0.717, 1.165) is 30.2 Å². The molecule has 1 aliphatic heterocycles. The van der Waals surface area contributed by atoms with Gasteiger partial charge in [0.15, 0.2) is 11.5 Å². The first-order chi connectivity index (χ1) is 8.40. The first kappa shape index (κ1) is 12.2. The fraction of sp³-hybridized carbons (Fsp3) is 0.500. The molecule has 0 unspecified atom stereocenters. The van der Waals surface area contributed by atoms with E-state index in [0.29, 0.717) is 20.0 Å². The highest BCUT2D eigenvalue weighted by molar-refractivity contribution is 5.44. The van der Waals surface area contributed by atoms with Gasteiger partial charge in [0.05, 0.1) is 19.8 Å². The first-order valence-corrected chi connectivity index (χ1v) is 5.68. The van der Waals surface area contributed by atoms with Crippen molar-refractivity contribution < 1.29 is 19.3 Å². The number of fused-ring (bicyclic) bond motifs is 1. The lowest BCUT2D eigenvalue weighted by Crippen LogP contribution is -2.19. The molecule has 2 rings (SSSR count). The van der Waals surface area contributed by atoms with E-state index in [9.17, 15) is 0 Å². The van der Waals surface area contributed by atoms with Crippen molar-refractivity contribution in [3.63, 3.8) is 0 Å². The Balaban J connectivity index is 1.69. The Morgan fingerprint density at radius 2 is 2.12 bits per heavy atom. The van der Waals surface area contributed by atoms with E-state index in [4.69, 9.17) is 19.3 Å². The number of aliphatic hydroxyl groups excluding tert-OH is 1. The number of ether oxygens (including phenoxy) is 3. The van der Waals surface area contributed by atoms with Gasteiger partial charge in [-0.05, 0) is 17.7 Å². The second kappa shape index (κ2) is 6.44. The summed E-state index contributed by atoms with van der Waals surface area (Å²) in [5.74, 6) is 1.61. The molecule has 0 fully saturated rings. The Morgan fingerprint density at radius 1 is 1.24 bits per heavy atom. The average Bonchev–Trinajstić information content (AvgIpc) is 2.81. The summed E-state index contributed by atoms with van der Waals surface area (Å²) in [5, 5.41) is 11.8. The van der Waals surface area contributed by atoms with Crippen LogP contribution in [0.5, 0.6) is 11.5 Å². The third-order valence-electron chi connectivity index (χ3n) is 2.42. The van der Waals surface area contributed by atoms with Crippen LogP contribution in [-0.2, 0) is 11.3 Å². The summed E-state index contributed by atoms with van der Waals surface area (Å²) < 4.78 is 15.7. The van der Waals surface area contributed by atoms with Crippen molar-refractivity contribution in [1.82, 2.24) is 5.32 Å². The Kier molecular flexibility index (Phi) is 4.61. The number of aliphatic hydroxyl groups is 1. The second-order valence-electron chi connectivity index (χ2n) is 3.70. The predicted octanol–water partition coefficient (Wildman–Crippen LogP) is 0.514. The lowest BCUT2D eigenvalue weighted by molar-refractivity contribution is 0.0938. The Bertz CT molecular complexity index is 356. The summed E-state index contributed by atoms with van der Waals surface area (Å²) in [6.07, 6.45) is 0. The fourth-order valence-electron chi connectivity index (χ4n) is 1.59. The summed E-state index contributed by atoms with van der Waals surface area (Å²) in [6, 6.07) is 5.90. The molecule has 0 radical (unpaired) electrons. The topological polar surface area (TPSA) is 60.0 Å². The normalized spacial score (nSPS) is 13.0. The molecular formula is C12H17NO4. The summed E-state index contributed by atoms with van der Waals surface area (Å²) in [6.45, 7) is 2.90. The van der Waals surface area contributed by atoms with E-state index >= 15 is 0 Å². The zero-order chi connectivity index (χ0) is 11.9. The van der Waals surface area contributed by atoms with Gasteiger partial charge in [0, 0.05) is 13.1 Å². The van der Waals surface area contributed by atoms with Crippen molar-refractivity contribution in [2.24, 2.45) is 0 Å². The van der Waals surface area contributed by atoms with Gasteiger partial charge in [-0.3, -0.25) is 0 Å². The highest BCUT2D eigenvalue weighted by Gasteiger charge is 2.12. The monoisotopic (exact) mass is 239 g/mol. The molecule has 1 heterocycles. The third-order valence-corrected chi connectivity index (χ3v) is 2.42. The molecular weight excluding hydrogens is 222 g/mol. The van der Waals surface area contributed by atoms with E-state index in [1.54, 1.807) is 0 Å². The van der Waals surface area contributed by atoms with Crippen molar-refractivity contribution in [3.05, 3.63) is 23.8 Å². The lowest BCUT2D eigenvalue weighted by Gasteiger charge is -2.06. The van der Waals surface area contributed by atoms with Crippen LogP contribution in [0, 0.1) is 0 Å². The molecule has 1 aromatic rings. The van der Waals surface area contributed by atoms with Crippen LogP contribution >= 0.6 is 0 Å². The molecule has 17 heavy (non-hydrogen) atoms. The standard InChI is InChI=1S/C12H17NO4/c14-4-6-15-5-3-13-8-10-1-2-11-12(7-10)17-9-16-11/h1-2,7,13-14H,3-6,8-9H2. The molecule has 0 spiro atoms.